The number of primary amides is 1. The quantitative estimate of drug-likeness (QED) is 0.715. The van der Waals surface area contributed by atoms with Gasteiger partial charge in [0, 0.05) is 13.2 Å². The van der Waals surface area contributed by atoms with Crippen LogP contribution >= 0.6 is 0 Å². The second-order valence-corrected chi connectivity index (χ2v) is 4.72. The largest absolute Gasteiger partial charge is 0.379 e. The zero-order chi connectivity index (χ0) is 10.9. The molecule has 2 aliphatic carbocycles. The number of carbonyl (C=O) groups excluding carboxylic acids is 1. The normalized spacial score (nSPS) is 36.5. The van der Waals surface area contributed by atoms with Crippen molar-refractivity contribution in [2.45, 2.75) is 56.2 Å². The summed E-state index contributed by atoms with van der Waals surface area (Å²) in [6, 6.07) is 0.480. The van der Waals surface area contributed by atoms with Crippen molar-refractivity contribution in [1.29, 1.82) is 0 Å². The second kappa shape index (κ2) is 4.10. The molecule has 4 heteroatoms. The predicted octanol–water partition coefficient (Wildman–Crippen LogP) is 0.552. The van der Waals surface area contributed by atoms with Gasteiger partial charge in [0.2, 0.25) is 5.91 Å². The Morgan fingerprint density at radius 1 is 1.40 bits per heavy atom. The molecule has 2 saturated carbocycles. The summed E-state index contributed by atoms with van der Waals surface area (Å²) in [7, 11) is 1.67. The van der Waals surface area contributed by atoms with E-state index in [0.29, 0.717) is 6.04 Å². The molecule has 0 aromatic heterocycles. The maximum absolute atomic E-state index is 11.7. The Balaban J connectivity index is 2.15. The summed E-state index contributed by atoms with van der Waals surface area (Å²) in [5.41, 5.74) is 4.96. The SMILES string of the molecule is COC1CCCCC1(NC1CC1)C(N)=O. The summed E-state index contributed by atoms with van der Waals surface area (Å²) in [6.45, 7) is 0. The number of carbonyl (C=O) groups is 1. The zero-order valence-electron chi connectivity index (χ0n) is 9.29. The number of rotatable bonds is 4. The monoisotopic (exact) mass is 212 g/mol. The van der Waals surface area contributed by atoms with Gasteiger partial charge in [-0.2, -0.15) is 0 Å². The highest BCUT2D eigenvalue weighted by atomic mass is 16.5. The van der Waals surface area contributed by atoms with Gasteiger partial charge in [0.05, 0.1) is 6.10 Å². The number of hydrogen-bond acceptors (Lipinski definition) is 3. The molecule has 3 N–H and O–H groups in total. The van der Waals surface area contributed by atoms with Crippen molar-refractivity contribution in [2.75, 3.05) is 7.11 Å². The Labute approximate surface area is 90.5 Å². The fraction of sp³-hybridized carbons (Fsp3) is 0.909. The molecule has 0 spiro atoms. The van der Waals surface area contributed by atoms with Crippen LogP contribution in [0.2, 0.25) is 0 Å². The summed E-state index contributed by atoms with van der Waals surface area (Å²) in [6.07, 6.45) is 6.19. The van der Waals surface area contributed by atoms with Crippen LogP contribution in [0, 0.1) is 0 Å². The highest BCUT2D eigenvalue weighted by Crippen LogP contribution is 2.34. The molecule has 2 atom stereocenters. The molecule has 4 nitrogen and oxygen atoms in total. The Morgan fingerprint density at radius 3 is 2.67 bits per heavy atom. The Hall–Kier alpha value is -0.610. The molecule has 2 unspecified atom stereocenters. The smallest absolute Gasteiger partial charge is 0.240 e. The van der Waals surface area contributed by atoms with E-state index in [1.54, 1.807) is 7.11 Å². The first-order valence-electron chi connectivity index (χ1n) is 5.79. The highest BCUT2D eigenvalue weighted by Gasteiger charge is 2.48. The molecule has 0 aliphatic heterocycles. The van der Waals surface area contributed by atoms with Crippen molar-refractivity contribution in [3.05, 3.63) is 0 Å². The molecule has 0 saturated heterocycles. The molecule has 0 radical (unpaired) electrons. The molecule has 15 heavy (non-hydrogen) atoms. The van der Waals surface area contributed by atoms with E-state index >= 15 is 0 Å². The molecular weight excluding hydrogens is 192 g/mol. The van der Waals surface area contributed by atoms with Gasteiger partial charge in [-0.3, -0.25) is 10.1 Å². The van der Waals surface area contributed by atoms with Crippen molar-refractivity contribution in [3.8, 4) is 0 Å². The van der Waals surface area contributed by atoms with Gasteiger partial charge in [0.25, 0.3) is 0 Å². The fourth-order valence-electron chi connectivity index (χ4n) is 2.57. The van der Waals surface area contributed by atoms with Crippen LogP contribution in [0.1, 0.15) is 38.5 Å². The first-order valence-corrected chi connectivity index (χ1v) is 5.79. The summed E-state index contributed by atoms with van der Waals surface area (Å²) in [5.74, 6) is -0.249. The summed E-state index contributed by atoms with van der Waals surface area (Å²) < 4.78 is 5.43. The van der Waals surface area contributed by atoms with Crippen LogP contribution in [0.25, 0.3) is 0 Å². The molecular formula is C11H20N2O2. The second-order valence-electron chi connectivity index (χ2n) is 4.72. The van der Waals surface area contributed by atoms with Gasteiger partial charge < -0.3 is 10.5 Å². The van der Waals surface area contributed by atoms with Crippen LogP contribution in [0.15, 0.2) is 0 Å². The number of nitrogens with two attached hydrogens (primary N) is 1. The minimum Gasteiger partial charge on any atom is -0.379 e. The van der Waals surface area contributed by atoms with E-state index < -0.39 is 5.54 Å². The number of hydrogen-bond donors (Lipinski definition) is 2. The molecule has 0 aromatic rings. The third-order valence-electron chi connectivity index (χ3n) is 3.60. The van der Waals surface area contributed by atoms with Crippen LogP contribution in [0.4, 0.5) is 0 Å². The lowest BCUT2D eigenvalue weighted by molar-refractivity contribution is -0.133. The van der Waals surface area contributed by atoms with Gasteiger partial charge in [-0.1, -0.05) is 12.8 Å². The summed E-state index contributed by atoms with van der Waals surface area (Å²) in [5, 5.41) is 3.41. The molecule has 2 rings (SSSR count). The van der Waals surface area contributed by atoms with Crippen LogP contribution in [-0.2, 0) is 9.53 Å². The first kappa shape index (κ1) is 10.9. The van der Waals surface area contributed by atoms with Gasteiger partial charge in [-0.15, -0.1) is 0 Å². The Kier molecular flexibility index (Phi) is 2.98. The van der Waals surface area contributed by atoms with E-state index in [0.717, 1.165) is 38.5 Å². The minimum absolute atomic E-state index is 0.0515. The van der Waals surface area contributed by atoms with Crippen molar-refractivity contribution in [1.82, 2.24) is 5.32 Å². The van der Waals surface area contributed by atoms with Crippen molar-refractivity contribution >= 4 is 5.91 Å². The Bertz CT molecular complexity index is 253. The molecule has 0 heterocycles. The van der Waals surface area contributed by atoms with E-state index in [1.165, 1.54) is 0 Å². The maximum Gasteiger partial charge on any atom is 0.240 e. The van der Waals surface area contributed by atoms with E-state index in [-0.39, 0.29) is 12.0 Å². The molecule has 0 aromatic carbocycles. The lowest BCUT2D eigenvalue weighted by Crippen LogP contribution is -2.65. The van der Waals surface area contributed by atoms with Gasteiger partial charge in [-0.05, 0) is 25.7 Å². The molecule has 1 amide bonds. The topological polar surface area (TPSA) is 64.3 Å². The van der Waals surface area contributed by atoms with Crippen molar-refractivity contribution < 1.29 is 9.53 Å². The number of amides is 1. The maximum atomic E-state index is 11.7. The third kappa shape index (κ3) is 2.01. The molecule has 2 aliphatic rings. The van der Waals surface area contributed by atoms with Crippen LogP contribution in [-0.4, -0.2) is 30.7 Å². The van der Waals surface area contributed by atoms with E-state index in [1.807, 2.05) is 0 Å². The third-order valence-corrected chi connectivity index (χ3v) is 3.60. The fourth-order valence-corrected chi connectivity index (χ4v) is 2.57. The van der Waals surface area contributed by atoms with Gasteiger partial charge >= 0.3 is 0 Å². The minimum atomic E-state index is -0.603. The molecule has 2 fully saturated rings. The van der Waals surface area contributed by atoms with Gasteiger partial charge in [0.15, 0.2) is 0 Å². The highest BCUT2D eigenvalue weighted by molar-refractivity contribution is 5.85. The number of methoxy groups -OCH3 is 1. The van der Waals surface area contributed by atoms with E-state index in [9.17, 15) is 4.79 Å². The van der Waals surface area contributed by atoms with Crippen molar-refractivity contribution in [3.63, 3.8) is 0 Å². The van der Waals surface area contributed by atoms with Crippen LogP contribution < -0.4 is 11.1 Å². The lowest BCUT2D eigenvalue weighted by atomic mass is 9.78. The van der Waals surface area contributed by atoms with E-state index in [4.69, 9.17) is 10.5 Å². The van der Waals surface area contributed by atoms with Gasteiger partial charge in [0.1, 0.15) is 5.54 Å². The zero-order valence-corrected chi connectivity index (χ0v) is 9.29. The lowest BCUT2D eigenvalue weighted by Gasteiger charge is -2.41. The van der Waals surface area contributed by atoms with Crippen LogP contribution in [0.3, 0.4) is 0 Å². The predicted molar refractivity (Wildman–Crippen MR) is 57.3 cm³/mol. The average Bonchev–Trinajstić information content (AvgIpc) is 3.02. The summed E-state index contributed by atoms with van der Waals surface area (Å²) >= 11 is 0. The standard InChI is InChI=1S/C11H20N2O2/c1-15-9-4-2-3-7-11(9,10(12)14)13-8-5-6-8/h8-9,13H,2-7H2,1H3,(H2,12,14). The molecule has 86 valence electrons. The first-order chi connectivity index (χ1) is 7.19. The van der Waals surface area contributed by atoms with Crippen molar-refractivity contribution in [2.24, 2.45) is 5.73 Å². The van der Waals surface area contributed by atoms with Gasteiger partial charge in [-0.25, -0.2) is 0 Å². The summed E-state index contributed by atoms with van der Waals surface area (Å²) in [4.78, 5) is 11.7. The molecule has 0 bridgehead atoms. The Morgan fingerprint density at radius 2 is 2.13 bits per heavy atom. The number of nitrogens with one attached hydrogen (secondary N) is 1. The van der Waals surface area contributed by atoms with Crippen LogP contribution in [0.5, 0.6) is 0 Å². The number of ether oxygens (including phenoxy) is 1. The average molecular weight is 212 g/mol. The van der Waals surface area contributed by atoms with E-state index in [2.05, 4.69) is 5.32 Å².